The quantitative estimate of drug-likeness (QED) is 0.921. The Morgan fingerprint density at radius 1 is 1.21 bits per heavy atom. The van der Waals surface area contributed by atoms with E-state index in [0.717, 1.165) is 11.3 Å². The zero-order valence-corrected chi connectivity index (χ0v) is 12.8. The molecule has 0 bridgehead atoms. The van der Waals surface area contributed by atoms with Gasteiger partial charge in [-0.2, -0.15) is 0 Å². The lowest BCUT2D eigenvalue weighted by atomic mass is 10.3. The average Bonchev–Trinajstić information content (AvgIpc) is 2.76. The lowest BCUT2D eigenvalue weighted by Gasteiger charge is -2.08. The van der Waals surface area contributed by atoms with Gasteiger partial charge in [-0.1, -0.05) is 23.2 Å². The van der Waals surface area contributed by atoms with E-state index in [-0.39, 0.29) is 4.21 Å². The third-order valence-electron chi connectivity index (χ3n) is 2.22. The van der Waals surface area contributed by atoms with Gasteiger partial charge in [-0.25, -0.2) is 8.42 Å². The first-order chi connectivity index (χ1) is 8.92. The molecule has 0 saturated carbocycles. The van der Waals surface area contributed by atoms with Crippen molar-refractivity contribution < 1.29 is 13.2 Å². The number of halogens is 2. The van der Waals surface area contributed by atoms with E-state index < -0.39 is 10.0 Å². The van der Waals surface area contributed by atoms with Crippen molar-refractivity contribution >= 4 is 50.2 Å². The van der Waals surface area contributed by atoms with Crippen LogP contribution in [0.15, 0.2) is 34.5 Å². The van der Waals surface area contributed by atoms with Crippen LogP contribution in [0.3, 0.4) is 0 Å². The second kappa shape index (κ2) is 5.58. The van der Waals surface area contributed by atoms with Crippen LogP contribution in [0.5, 0.6) is 5.75 Å². The lowest BCUT2D eigenvalue weighted by molar-refractivity contribution is 0.415. The Bertz CT molecular complexity index is 698. The molecule has 19 heavy (non-hydrogen) atoms. The van der Waals surface area contributed by atoms with Crippen molar-refractivity contribution in [2.24, 2.45) is 0 Å². The number of thiophene rings is 1. The van der Waals surface area contributed by atoms with Gasteiger partial charge in [-0.3, -0.25) is 4.72 Å². The molecule has 0 aliphatic carbocycles. The molecule has 1 aromatic heterocycles. The summed E-state index contributed by atoms with van der Waals surface area (Å²) in [6.45, 7) is 0. The Kier molecular flexibility index (Phi) is 4.25. The van der Waals surface area contributed by atoms with Crippen LogP contribution in [-0.4, -0.2) is 15.5 Å². The third kappa shape index (κ3) is 3.33. The summed E-state index contributed by atoms with van der Waals surface area (Å²) in [7, 11) is -2.16. The van der Waals surface area contributed by atoms with E-state index >= 15 is 0 Å². The first kappa shape index (κ1) is 14.5. The van der Waals surface area contributed by atoms with E-state index in [9.17, 15) is 8.42 Å². The minimum atomic E-state index is -3.64. The van der Waals surface area contributed by atoms with Crippen molar-refractivity contribution in [2.45, 2.75) is 4.21 Å². The highest BCUT2D eigenvalue weighted by atomic mass is 35.5. The number of benzene rings is 1. The number of methoxy groups -OCH3 is 1. The molecule has 1 heterocycles. The molecule has 0 unspecified atom stereocenters. The highest BCUT2D eigenvalue weighted by Gasteiger charge is 2.17. The van der Waals surface area contributed by atoms with Crippen molar-refractivity contribution in [3.63, 3.8) is 0 Å². The van der Waals surface area contributed by atoms with Crippen molar-refractivity contribution in [3.05, 3.63) is 39.7 Å². The largest absolute Gasteiger partial charge is 0.495 e. The van der Waals surface area contributed by atoms with Gasteiger partial charge in [0.2, 0.25) is 0 Å². The van der Waals surface area contributed by atoms with Gasteiger partial charge in [0.1, 0.15) is 9.96 Å². The van der Waals surface area contributed by atoms with Crippen LogP contribution in [0.25, 0.3) is 0 Å². The Morgan fingerprint density at radius 3 is 2.47 bits per heavy atom. The van der Waals surface area contributed by atoms with Gasteiger partial charge >= 0.3 is 0 Å². The Balaban J connectivity index is 2.28. The summed E-state index contributed by atoms with van der Waals surface area (Å²) in [6, 6.07) is 7.61. The maximum Gasteiger partial charge on any atom is 0.271 e. The molecule has 2 rings (SSSR count). The SMILES string of the molecule is COc1ccc(NS(=O)(=O)c2ccc(Cl)s2)cc1Cl. The predicted octanol–water partition coefficient (Wildman–Crippen LogP) is 3.86. The maximum absolute atomic E-state index is 12.0. The fraction of sp³-hybridized carbons (Fsp3) is 0.0909. The molecule has 0 aliphatic heterocycles. The second-order valence-electron chi connectivity index (χ2n) is 3.51. The van der Waals surface area contributed by atoms with Gasteiger partial charge in [0.15, 0.2) is 0 Å². The van der Waals surface area contributed by atoms with Crippen LogP contribution >= 0.6 is 34.5 Å². The Morgan fingerprint density at radius 2 is 1.95 bits per heavy atom. The van der Waals surface area contributed by atoms with Gasteiger partial charge in [-0.05, 0) is 30.3 Å². The number of anilines is 1. The average molecular weight is 338 g/mol. The van der Waals surface area contributed by atoms with E-state index in [1.54, 1.807) is 12.1 Å². The molecule has 0 spiro atoms. The first-order valence-electron chi connectivity index (χ1n) is 5.04. The zero-order valence-electron chi connectivity index (χ0n) is 9.68. The van der Waals surface area contributed by atoms with Gasteiger partial charge in [0, 0.05) is 0 Å². The highest BCUT2D eigenvalue weighted by Crippen LogP contribution is 2.30. The molecule has 0 fully saturated rings. The number of hydrogen-bond donors (Lipinski definition) is 1. The van der Waals surface area contributed by atoms with Crippen molar-refractivity contribution in [3.8, 4) is 5.75 Å². The van der Waals surface area contributed by atoms with Crippen molar-refractivity contribution in [2.75, 3.05) is 11.8 Å². The van der Waals surface area contributed by atoms with Gasteiger partial charge in [0.05, 0.1) is 22.2 Å². The van der Waals surface area contributed by atoms with E-state index in [2.05, 4.69) is 4.72 Å². The maximum atomic E-state index is 12.0. The summed E-state index contributed by atoms with van der Waals surface area (Å²) < 4.78 is 32.1. The van der Waals surface area contributed by atoms with Gasteiger partial charge in [-0.15, -0.1) is 11.3 Å². The molecule has 0 atom stereocenters. The summed E-state index contributed by atoms with van der Waals surface area (Å²) in [5.74, 6) is 0.476. The summed E-state index contributed by atoms with van der Waals surface area (Å²) in [6.07, 6.45) is 0. The lowest BCUT2D eigenvalue weighted by Crippen LogP contribution is -2.11. The molecule has 8 heteroatoms. The fourth-order valence-corrected chi connectivity index (χ4v) is 4.17. The van der Waals surface area contributed by atoms with E-state index in [1.165, 1.54) is 25.3 Å². The van der Waals surface area contributed by atoms with Gasteiger partial charge in [0.25, 0.3) is 10.0 Å². The second-order valence-corrected chi connectivity index (χ2v) is 7.54. The monoisotopic (exact) mass is 337 g/mol. The minimum absolute atomic E-state index is 0.143. The summed E-state index contributed by atoms with van der Waals surface area (Å²) >= 11 is 12.6. The third-order valence-corrected chi connectivity index (χ3v) is 5.62. The Hall–Kier alpha value is -0.950. The molecule has 0 saturated heterocycles. The van der Waals surface area contributed by atoms with E-state index in [1.807, 2.05) is 0 Å². The Labute approximate surface area is 125 Å². The van der Waals surface area contributed by atoms with Gasteiger partial charge < -0.3 is 4.74 Å². The van der Waals surface area contributed by atoms with Crippen LogP contribution in [0.4, 0.5) is 5.69 Å². The topological polar surface area (TPSA) is 55.4 Å². The normalized spacial score (nSPS) is 11.3. The number of hydrogen-bond acceptors (Lipinski definition) is 4. The predicted molar refractivity (Wildman–Crippen MR) is 78.1 cm³/mol. The minimum Gasteiger partial charge on any atom is -0.495 e. The zero-order chi connectivity index (χ0) is 14.0. The number of nitrogens with one attached hydrogen (secondary N) is 1. The van der Waals surface area contributed by atoms with E-state index in [4.69, 9.17) is 27.9 Å². The van der Waals surface area contributed by atoms with Crippen LogP contribution in [0.1, 0.15) is 0 Å². The van der Waals surface area contributed by atoms with Crippen LogP contribution in [0, 0.1) is 0 Å². The van der Waals surface area contributed by atoms with Crippen molar-refractivity contribution in [1.29, 1.82) is 0 Å². The molecular formula is C11H9Cl2NO3S2. The van der Waals surface area contributed by atoms with E-state index in [0.29, 0.717) is 20.8 Å². The first-order valence-corrected chi connectivity index (χ1v) is 8.09. The summed E-state index contributed by atoms with van der Waals surface area (Å²) in [5.41, 5.74) is 0.357. The molecule has 1 N–H and O–H groups in total. The van der Waals surface area contributed by atoms with Crippen LogP contribution < -0.4 is 9.46 Å². The molecule has 0 amide bonds. The molecule has 0 aliphatic rings. The molecule has 4 nitrogen and oxygen atoms in total. The fourth-order valence-electron chi connectivity index (χ4n) is 1.38. The number of rotatable bonds is 4. The molecule has 2 aromatic rings. The molecular weight excluding hydrogens is 329 g/mol. The highest BCUT2D eigenvalue weighted by molar-refractivity contribution is 7.94. The molecule has 1 aromatic carbocycles. The van der Waals surface area contributed by atoms with Crippen molar-refractivity contribution in [1.82, 2.24) is 0 Å². The number of ether oxygens (including phenoxy) is 1. The molecule has 102 valence electrons. The standard InChI is InChI=1S/C11H9Cl2NO3S2/c1-17-9-3-2-7(6-8(9)12)14-19(15,16)11-5-4-10(13)18-11/h2-6,14H,1H3. The molecule has 0 radical (unpaired) electrons. The smallest absolute Gasteiger partial charge is 0.271 e. The van der Waals surface area contributed by atoms with Crippen LogP contribution in [-0.2, 0) is 10.0 Å². The summed E-state index contributed by atoms with van der Waals surface area (Å²) in [4.78, 5) is 0. The summed E-state index contributed by atoms with van der Waals surface area (Å²) in [5, 5.41) is 0.326. The van der Waals surface area contributed by atoms with Crippen LogP contribution in [0.2, 0.25) is 9.36 Å². The number of sulfonamides is 1.